The first-order chi connectivity index (χ1) is 17.9. The van der Waals surface area contributed by atoms with Crippen molar-refractivity contribution < 1.29 is 14.3 Å². The summed E-state index contributed by atoms with van der Waals surface area (Å²) in [5.74, 6) is 0.782. The molecule has 190 valence electrons. The minimum atomic E-state index is -0.279. The van der Waals surface area contributed by atoms with Crippen molar-refractivity contribution in [1.29, 1.82) is 0 Å². The van der Waals surface area contributed by atoms with E-state index in [4.69, 9.17) is 4.74 Å². The number of amides is 2. The Labute approximate surface area is 220 Å². The van der Waals surface area contributed by atoms with Crippen molar-refractivity contribution in [3.05, 3.63) is 94.8 Å². The molecule has 0 aliphatic heterocycles. The number of benzene rings is 3. The average Bonchev–Trinajstić information content (AvgIpc) is 3.31. The van der Waals surface area contributed by atoms with Crippen LogP contribution in [0.25, 0.3) is 5.69 Å². The van der Waals surface area contributed by atoms with E-state index in [0.29, 0.717) is 22.3 Å². The van der Waals surface area contributed by atoms with Gasteiger partial charge in [-0.1, -0.05) is 48.2 Å². The minimum absolute atomic E-state index is 0.136. The van der Waals surface area contributed by atoms with Crippen molar-refractivity contribution in [3.8, 4) is 11.4 Å². The summed E-state index contributed by atoms with van der Waals surface area (Å²) in [5, 5.41) is 15.1. The Morgan fingerprint density at radius 2 is 1.73 bits per heavy atom. The van der Waals surface area contributed by atoms with E-state index in [1.807, 2.05) is 73.9 Å². The molecular weight excluding hydrogens is 486 g/mol. The number of hydrogen-bond donors (Lipinski definition) is 2. The van der Waals surface area contributed by atoms with Crippen LogP contribution in [0.15, 0.2) is 71.9 Å². The van der Waals surface area contributed by atoms with Crippen molar-refractivity contribution in [3.63, 3.8) is 0 Å². The molecule has 0 aliphatic carbocycles. The largest absolute Gasteiger partial charge is 0.496 e. The summed E-state index contributed by atoms with van der Waals surface area (Å²) in [6, 6.07) is 20.9. The number of para-hydroxylation sites is 1. The zero-order chi connectivity index (χ0) is 26.4. The lowest BCUT2D eigenvalue weighted by Crippen LogP contribution is -2.25. The molecule has 0 saturated heterocycles. The van der Waals surface area contributed by atoms with Crippen LogP contribution >= 0.6 is 11.8 Å². The Bertz CT molecular complexity index is 1430. The van der Waals surface area contributed by atoms with Crippen LogP contribution in [0.1, 0.15) is 32.9 Å². The number of hydrogen-bond acceptors (Lipinski definition) is 6. The molecule has 0 saturated carbocycles. The van der Waals surface area contributed by atoms with E-state index in [1.54, 1.807) is 18.2 Å². The average molecular weight is 516 g/mol. The van der Waals surface area contributed by atoms with Crippen molar-refractivity contribution in [2.45, 2.75) is 32.5 Å². The molecule has 0 aliphatic rings. The highest BCUT2D eigenvalue weighted by Crippen LogP contribution is 2.24. The lowest BCUT2D eigenvalue weighted by Gasteiger charge is -2.13. The van der Waals surface area contributed by atoms with Crippen LogP contribution in [0.5, 0.6) is 5.75 Å². The predicted octanol–water partition coefficient (Wildman–Crippen LogP) is 4.86. The van der Waals surface area contributed by atoms with E-state index in [1.165, 1.54) is 18.9 Å². The summed E-state index contributed by atoms with van der Waals surface area (Å²) in [4.78, 5) is 25.6. The van der Waals surface area contributed by atoms with Gasteiger partial charge in [-0.2, -0.15) is 0 Å². The van der Waals surface area contributed by atoms with E-state index in [-0.39, 0.29) is 24.1 Å². The maximum Gasteiger partial charge on any atom is 0.255 e. The maximum atomic E-state index is 12.8. The Morgan fingerprint density at radius 1 is 0.946 bits per heavy atom. The van der Waals surface area contributed by atoms with Crippen LogP contribution in [0, 0.1) is 20.8 Å². The smallest absolute Gasteiger partial charge is 0.255 e. The Hall–Kier alpha value is -4.11. The topological polar surface area (TPSA) is 98.1 Å². The van der Waals surface area contributed by atoms with Gasteiger partial charge in [0.25, 0.3) is 5.91 Å². The zero-order valence-corrected chi connectivity index (χ0v) is 22.1. The number of thioether (sulfide) groups is 1. The first-order valence-electron chi connectivity index (χ1n) is 11.8. The van der Waals surface area contributed by atoms with E-state index >= 15 is 0 Å². The summed E-state index contributed by atoms with van der Waals surface area (Å²) < 4.78 is 7.17. The molecule has 1 heterocycles. The molecule has 2 N–H and O–H groups in total. The number of carbonyl (C=O) groups is 2. The number of nitrogens with one attached hydrogen (secondary N) is 2. The van der Waals surface area contributed by atoms with Gasteiger partial charge in [0.1, 0.15) is 5.75 Å². The third-order valence-electron chi connectivity index (χ3n) is 5.72. The van der Waals surface area contributed by atoms with Gasteiger partial charge in [0.15, 0.2) is 11.0 Å². The van der Waals surface area contributed by atoms with E-state index in [9.17, 15) is 9.59 Å². The van der Waals surface area contributed by atoms with E-state index < -0.39 is 0 Å². The number of aromatic nitrogens is 3. The number of methoxy groups -OCH3 is 1. The Balaban J connectivity index is 1.53. The molecule has 37 heavy (non-hydrogen) atoms. The highest BCUT2D eigenvalue weighted by atomic mass is 32.2. The van der Waals surface area contributed by atoms with Gasteiger partial charge < -0.3 is 15.4 Å². The third-order valence-corrected chi connectivity index (χ3v) is 6.65. The van der Waals surface area contributed by atoms with Crippen molar-refractivity contribution in [2.75, 3.05) is 18.2 Å². The molecule has 8 nitrogen and oxygen atoms in total. The van der Waals surface area contributed by atoms with Crippen LogP contribution in [0.3, 0.4) is 0 Å². The summed E-state index contributed by atoms with van der Waals surface area (Å²) in [7, 11) is 1.53. The summed E-state index contributed by atoms with van der Waals surface area (Å²) in [5.41, 5.74) is 5.23. The lowest BCUT2D eigenvalue weighted by atomic mass is 10.1. The van der Waals surface area contributed by atoms with Gasteiger partial charge in [-0.15, -0.1) is 10.2 Å². The van der Waals surface area contributed by atoms with Crippen LogP contribution in [-0.2, 0) is 11.3 Å². The second kappa shape index (κ2) is 11.7. The Kier molecular flexibility index (Phi) is 8.25. The fourth-order valence-electron chi connectivity index (χ4n) is 3.81. The molecule has 4 rings (SSSR count). The number of anilines is 1. The molecule has 0 radical (unpaired) electrons. The van der Waals surface area contributed by atoms with E-state index in [2.05, 4.69) is 20.8 Å². The summed E-state index contributed by atoms with van der Waals surface area (Å²) in [6.07, 6.45) is 0. The number of carbonyl (C=O) groups excluding carboxylic acids is 2. The molecule has 3 aromatic carbocycles. The van der Waals surface area contributed by atoms with Gasteiger partial charge in [-0.3, -0.25) is 14.2 Å². The number of aryl methyl sites for hydroxylation is 3. The maximum absolute atomic E-state index is 12.8. The highest BCUT2D eigenvalue weighted by molar-refractivity contribution is 7.99. The number of rotatable bonds is 9. The van der Waals surface area contributed by atoms with Gasteiger partial charge >= 0.3 is 0 Å². The molecular formula is C28H29N5O3S. The highest BCUT2D eigenvalue weighted by Gasteiger charge is 2.18. The molecule has 4 aromatic rings. The van der Waals surface area contributed by atoms with Gasteiger partial charge in [0, 0.05) is 11.4 Å². The molecule has 1 aromatic heterocycles. The van der Waals surface area contributed by atoms with Gasteiger partial charge in [0.2, 0.25) is 5.91 Å². The molecule has 0 atom stereocenters. The first-order valence-corrected chi connectivity index (χ1v) is 12.8. The molecule has 0 fully saturated rings. The first kappa shape index (κ1) is 26.0. The van der Waals surface area contributed by atoms with Crippen LogP contribution in [-0.4, -0.2) is 39.4 Å². The molecule has 9 heteroatoms. The van der Waals surface area contributed by atoms with Crippen molar-refractivity contribution in [2.24, 2.45) is 0 Å². The van der Waals surface area contributed by atoms with Crippen LogP contribution in [0.2, 0.25) is 0 Å². The fraction of sp³-hybridized carbons (Fsp3) is 0.214. The lowest BCUT2D eigenvalue weighted by molar-refractivity contribution is -0.113. The van der Waals surface area contributed by atoms with E-state index in [0.717, 1.165) is 28.1 Å². The van der Waals surface area contributed by atoms with Gasteiger partial charge in [-0.05, 0) is 67.8 Å². The molecule has 2 amide bonds. The quantitative estimate of drug-likeness (QED) is 0.309. The van der Waals surface area contributed by atoms with Crippen molar-refractivity contribution in [1.82, 2.24) is 20.1 Å². The predicted molar refractivity (Wildman–Crippen MR) is 146 cm³/mol. The normalized spacial score (nSPS) is 10.7. The summed E-state index contributed by atoms with van der Waals surface area (Å²) in [6.45, 7) is 6.10. The number of nitrogens with zero attached hydrogens (tertiary/aromatic N) is 3. The third kappa shape index (κ3) is 6.37. The van der Waals surface area contributed by atoms with Gasteiger partial charge in [-0.25, -0.2) is 0 Å². The SMILES string of the molecule is COc1ccccc1C(=O)NCc1nnc(SCC(=O)Nc2cc(C)ccc2C)n1-c1cccc(C)c1. The minimum Gasteiger partial charge on any atom is -0.496 e. The van der Waals surface area contributed by atoms with Crippen LogP contribution in [0.4, 0.5) is 5.69 Å². The second-order valence-corrected chi connectivity index (χ2v) is 9.55. The van der Waals surface area contributed by atoms with Crippen LogP contribution < -0.4 is 15.4 Å². The van der Waals surface area contributed by atoms with Gasteiger partial charge in [0.05, 0.1) is 25.0 Å². The standard InChI is InChI=1S/C28H29N5O3S/c1-18-8-7-9-21(14-18)33-25(16-29-27(35)22-10-5-6-11-24(22)36-4)31-32-28(33)37-17-26(34)30-23-15-19(2)12-13-20(23)3/h5-15H,16-17H2,1-4H3,(H,29,35)(H,30,34). The number of ether oxygens (including phenoxy) is 1. The van der Waals surface area contributed by atoms with Crippen molar-refractivity contribution >= 4 is 29.3 Å². The molecule has 0 spiro atoms. The molecule has 0 bridgehead atoms. The zero-order valence-electron chi connectivity index (χ0n) is 21.2. The second-order valence-electron chi connectivity index (χ2n) is 8.61. The fourth-order valence-corrected chi connectivity index (χ4v) is 4.58. The summed E-state index contributed by atoms with van der Waals surface area (Å²) >= 11 is 1.29. The monoisotopic (exact) mass is 515 g/mol. The Morgan fingerprint density at radius 3 is 2.51 bits per heavy atom. The molecule has 0 unspecified atom stereocenters.